The molecule has 0 spiro atoms. The summed E-state index contributed by atoms with van der Waals surface area (Å²) in [5.41, 5.74) is 1.79. The molecular formula is C14H15N3O2. The van der Waals surface area contributed by atoms with E-state index in [1.165, 1.54) is 0 Å². The van der Waals surface area contributed by atoms with Crippen molar-refractivity contribution >= 4 is 11.0 Å². The number of ether oxygens (including phenoxy) is 2. The number of nitriles is 1. The van der Waals surface area contributed by atoms with Gasteiger partial charge in [-0.2, -0.15) is 5.26 Å². The SMILES string of the molecule is COc1cc2nc(C3CC3)n(CC#N)c2cc1OC. The Kier molecular flexibility index (Phi) is 2.79. The molecule has 1 aliphatic rings. The minimum absolute atomic E-state index is 0.317. The molecule has 3 rings (SSSR count). The maximum absolute atomic E-state index is 9.00. The standard InChI is InChI=1S/C14H15N3O2/c1-18-12-7-10-11(8-13(12)19-2)17(6-5-15)14(16-10)9-3-4-9/h7-9H,3-4,6H2,1-2H3. The second kappa shape index (κ2) is 4.47. The van der Waals surface area contributed by atoms with E-state index in [4.69, 9.17) is 14.7 Å². The molecule has 0 saturated heterocycles. The van der Waals surface area contributed by atoms with Crippen molar-refractivity contribution in [3.05, 3.63) is 18.0 Å². The van der Waals surface area contributed by atoms with Crippen LogP contribution in [0.3, 0.4) is 0 Å². The lowest BCUT2D eigenvalue weighted by atomic mass is 10.2. The Morgan fingerprint density at radius 2 is 2.00 bits per heavy atom. The van der Waals surface area contributed by atoms with Gasteiger partial charge < -0.3 is 14.0 Å². The number of nitrogens with zero attached hydrogens (tertiary/aromatic N) is 3. The first-order valence-corrected chi connectivity index (χ1v) is 6.27. The summed E-state index contributed by atoms with van der Waals surface area (Å²) in [6, 6.07) is 5.96. The molecule has 0 amide bonds. The lowest BCUT2D eigenvalue weighted by molar-refractivity contribution is 0.355. The van der Waals surface area contributed by atoms with Gasteiger partial charge >= 0.3 is 0 Å². The van der Waals surface area contributed by atoms with Crippen LogP contribution < -0.4 is 9.47 Å². The molecule has 0 unspecified atom stereocenters. The van der Waals surface area contributed by atoms with Crippen molar-refractivity contribution in [3.8, 4) is 17.6 Å². The summed E-state index contributed by atoms with van der Waals surface area (Å²) >= 11 is 0. The second-order valence-electron chi connectivity index (χ2n) is 4.68. The van der Waals surface area contributed by atoms with Gasteiger partial charge in [0, 0.05) is 18.1 Å². The van der Waals surface area contributed by atoms with Gasteiger partial charge in [-0.25, -0.2) is 4.98 Å². The molecule has 5 nitrogen and oxygen atoms in total. The zero-order valence-electron chi connectivity index (χ0n) is 11.0. The van der Waals surface area contributed by atoms with Crippen LogP contribution in [-0.2, 0) is 6.54 Å². The van der Waals surface area contributed by atoms with Crippen LogP contribution in [0.5, 0.6) is 11.5 Å². The highest BCUT2D eigenvalue weighted by molar-refractivity contribution is 5.81. The molecule has 0 N–H and O–H groups in total. The van der Waals surface area contributed by atoms with E-state index in [0.717, 1.165) is 29.7 Å². The Bertz CT molecular complexity index is 665. The van der Waals surface area contributed by atoms with Crippen molar-refractivity contribution in [1.82, 2.24) is 9.55 Å². The summed E-state index contributed by atoms with van der Waals surface area (Å²) < 4.78 is 12.6. The highest BCUT2D eigenvalue weighted by atomic mass is 16.5. The second-order valence-corrected chi connectivity index (χ2v) is 4.68. The number of rotatable bonds is 4. The molecule has 1 fully saturated rings. The van der Waals surface area contributed by atoms with Crippen LogP contribution >= 0.6 is 0 Å². The van der Waals surface area contributed by atoms with Crippen molar-refractivity contribution in [1.29, 1.82) is 5.26 Å². The molecule has 0 radical (unpaired) electrons. The Labute approximate surface area is 111 Å². The molecular weight excluding hydrogens is 242 g/mol. The van der Waals surface area contributed by atoms with Crippen LogP contribution in [-0.4, -0.2) is 23.8 Å². The van der Waals surface area contributed by atoms with Gasteiger partial charge in [0.05, 0.1) is 31.3 Å². The molecule has 19 heavy (non-hydrogen) atoms. The van der Waals surface area contributed by atoms with E-state index in [9.17, 15) is 0 Å². The number of methoxy groups -OCH3 is 2. The van der Waals surface area contributed by atoms with Crippen molar-refractivity contribution in [2.24, 2.45) is 0 Å². The molecule has 5 heteroatoms. The Hall–Kier alpha value is -2.22. The van der Waals surface area contributed by atoms with Gasteiger partial charge in [-0.3, -0.25) is 0 Å². The maximum atomic E-state index is 9.00. The van der Waals surface area contributed by atoms with Crippen LogP contribution in [0.4, 0.5) is 0 Å². The lowest BCUT2D eigenvalue weighted by Crippen LogP contribution is -2.01. The number of hydrogen-bond donors (Lipinski definition) is 0. The van der Waals surface area contributed by atoms with E-state index in [1.54, 1.807) is 14.2 Å². The van der Waals surface area contributed by atoms with Gasteiger partial charge in [0.1, 0.15) is 12.4 Å². The molecule has 0 atom stereocenters. The average molecular weight is 257 g/mol. The first kappa shape index (κ1) is 11.8. The molecule has 1 saturated carbocycles. The Morgan fingerprint density at radius 3 is 2.58 bits per heavy atom. The van der Waals surface area contributed by atoms with Crippen molar-refractivity contribution in [3.63, 3.8) is 0 Å². The fraction of sp³-hybridized carbons (Fsp3) is 0.429. The van der Waals surface area contributed by atoms with Gasteiger partial charge in [-0.05, 0) is 12.8 Å². The van der Waals surface area contributed by atoms with Gasteiger partial charge in [-0.1, -0.05) is 0 Å². The third kappa shape index (κ3) is 1.89. The summed E-state index contributed by atoms with van der Waals surface area (Å²) in [6.45, 7) is 0.317. The number of fused-ring (bicyclic) bond motifs is 1. The Morgan fingerprint density at radius 1 is 1.32 bits per heavy atom. The lowest BCUT2D eigenvalue weighted by Gasteiger charge is -2.08. The molecule has 1 aliphatic carbocycles. The first-order valence-electron chi connectivity index (χ1n) is 6.27. The fourth-order valence-electron chi connectivity index (χ4n) is 2.36. The molecule has 1 aromatic carbocycles. The van der Waals surface area contributed by atoms with Crippen molar-refractivity contribution < 1.29 is 9.47 Å². The number of benzene rings is 1. The number of hydrogen-bond acceptors (Lipinski definition) is 4. The molecule has 98 valence electrons. The van der Waals surface area contributed by atoms with Crippen LogP contribution in [0.15, 0.2) is 12.1 Å². The summed E-state index contributed by atoms with van der Waals surface area (Å²) in [4.78, 5) is 4.65. The minimum atomic E-state index is 0.317. The average Bonchev–Trinajstić information content (AvgIpc) is 3.22. The normalized spacial score (nSPS) is 14.4. The summed E-state index contributed by atoms with van der Waals surface area (Å²) in [7, 11) is 3.22. The number of imidazole rings is 1. The number of aromatic nitrogens is 2. The van der Waals surface area contributed by atoms with E-state index in [2.05, 4.69) is 11.1 Å². The molecule has 0 aliphatic heterocycles. The quantitative estimate of drug-likeness (QED) is 0.844. The first-order chi connectivity index (χ1) is 9.28. The third-order valence-electron chi connectivity index (χ3n) is 3.45. The summed E-state index contributed by atoms with van der Waals surface area (Å²) in [5.74, 6) is 2.83. The van der Waals surface area contributed by atoms with Crippen molar-refractivity contribution in [2.45, 2.75) is 25.3 Å². The van der Waals surface area contributed by atoms with Gasteiger partial charge in [0.25, 0.3) is 0 Å². The zero-order chi connectivity index (χ0) is 13.4. The van der Waals surface area contributed by atoms with Crippen LogP contribution in [0.25, 0.3) is 11.0 Å². The molecule has 1 aromatic heterocycles. The predicted molar refractivity (Wildman–Crippen MR) is 70.4 cm³/mol. The van der Waals surface area contributed by atoms with E-state index < -0.39 is 0 Å². The predicted octanol–water partition coefficient (Wildman–Crippen LogP) is 2.45. The summed E-state index contributed by atoms with van der Waals surface area (Å²) in [6.07, 6.45) is 2.31. The van der Waals surface area contributed by atoms with Crippen LogP contribution in [0, 0.1) is 11.3 Å². The van der Waals surface area contributed by atoms with Gasteiger partial charge in [0.2, 0.25) is 0 Å². The molecule has 0 bridgehead atoms. The summed E-state index contributed by atoms with van der Waals surface area (Å²) in [5, 5.41) is 9.00. The van der Waals surface area contributed by atoms with E-state index in [1.807, 2.05) is 16.7 Å². The maximum Gasteiger partial charge on any atom is 0.163 e. The van der Waals surface area contributed by atoms with Gasteiger partial charge in [0.15, 0.2) is 11.5 Å². The third-order valence-corrected chi connectivity index (χ3v) is 3.45. The fourth-order valence-corrected chi connectivity index (χ4v) is 2.36. The highest BCUT2D eigenvalue weighted by Gasteiger charge is 2.30. The van der Waals surface area contributed by atoms with Gasteiger partial charge in [-0.15, -0.1) is 0 Å². The largest absolute Gasteiger partial charge is 0.493 e. The molecule has 1 heterocycles. The Balaban J connectivity index is 2.23. The van der Waals surface area contributed by atoms with E-state index in [0.29, 0.717) is 24.0 Å². The highest BCUT2D eigenvalue weighted by Crippen LogP contribution is 2.42. The minimum Gasteiger partial charge on any atom is -0.493 e. The monoisotopic (exact) mass is 257 g/mol. The van der Waals surface area contributed by atoms with Crippen LogP contribution in [0.2, 0.25) is 0 Å². The van der Waals surface area contributed by atoms with E-state index in [-0.39, 0.29) is 0 Å². The van der Waals surface area contributed by atoms with Crippen molar-refractivity contribution in [2.75, 3.05) is 14.2 Å². The topological polar surface area (TPSA) is 60.1 Å². The van der Waals surface area contributed by atoms with Crippen LogP contribution in [0.1, 0.15) is 24.6 Å². The van der Waals surface area contributed by atoms with E-state index >= 15 is 0 Å². The zero-order valence-corrected chi connectivity index (χ0v) is 11.0. The smallest absolute Gasteiger partial charge is 0.163 e. The molecule has 2 aromatic rings.